The van der Waals surface area contributed by atoms with Crippen molar-refractivity contribution in [1.82, 2.24) is 10.2 Å². The van der Waals surface area contributed by atoms with Crippen molar-refractivity contribution in [2.45, 2.75) is 4.34 Å². The zero-order valence-electron chi connectivity index (χ0n) is 13.1. The van der Waals surface area contributed by atoms with Gasteiger partial charge in [0.25, 0.3) is 0 Å². The zero-order chi connectivity index (χ0) is 18.4. The smallest absolute Gasteiger partial charge is 0.325 e. The normalized spacial score (nSPS) is 10.3. The number of amides is 3. The number of hydrogen-bond acceptors (Lipinski definition) is 7. The van der Waals surface area contributed by atoms with Crippen LogP contribution in [0.1, 0.15) is 0 Å². The van der Waals surface area contributed by atoms with Gasteiger partial charge < -0.3 is 5.32 Å². The van der Waals surface area contributed by atoms with Crippen LogP contribution in [0.15, 0.2) is 46.1 Å². The summed E-state index contributed by atoms with van der Waals surface area (Å²) in [5.74, 6) is -0.621. The van der Waals surface area contributed by atoms with E-state index in [1.807, 2.05) is 11.4 Å². The van der Waals surface area contributed by atoms with Crippen LogP contribution in [0.3, 0.4) is 0 Å². The highest BCUT2D eigenvalue weighted by Gasteiger charge is 2.11. The Morgan fingerprint density at radius 3 is 2.77 bits per heavy atom. The van der Waals surface area contributed by atoms with E-state index in [2.05, 4.69) is 26.1 Å². The molecule has 0 fully saturated rings. The van der Waals surface area contributed by atoms with Crippen LogP contribution >= 0.6 is 34.4 Å². The fourth-order valence-corrected chi connectivity index (χ4v) is 3.96. The summed E-state index contributed by atoms with van der Waals surface area (Å²) in [6.45, 7) is 0. The van der Waals surface area contributed by atoms with Crippen LogP contribution in [0.5, 0.6) is 0 Å². The van der Waals surface area contributed by atoms with E-state index in [1.165, 1.54) is 41.3 Å². The Hall–Kier alpha value is -2.50. The first-order chi connectivity index (χ1) is 12.6. The van der Waals surface area contributed by atoms with Gasteiger partial charge in [-0.1, -0.05) is 29.2 Å². The average molecular weight is 409 g/mol. The Morgan fingerprint density at radius 1 is 1.12 bits per heavy atom. The molecule has 7 nitrogen and oxygen atoms in total. The summed E-state index contributed by atoms with van der Waals surface area (Å²) >= 11 is 3.73. The predicted octanol–water partition coefficient (Wildman–Crippen LogP) is 4.11. The molecule has 1 aromatic carbocycles. The maximum absolute atomic E-state index is 13.1. The molecule has 3 N–H and O–H groups in total. The molecule has 11 heteroatoms. The lowest BCUT2D eigenvalue weighted by Crippen LogP contribution is -2.18. The number of nitrogens with one attached hydrogen (secondary N) is 3. The number of carbonyl (C=O) groups excluding carboxylic acids is 2. The van der Waals surface area contributed by atoms with Crippen molar-refractivity contribution in [2.75, 3.05) is 21.7 Å². The molecule has 0 saturated carbocycles. The molecule has 3 aromatic rings. The largest absolute Gasteiger partial charge is 0.326 e. The van der Waals surface area contributed by atoms with Gasteiger partial charge in [0.1, 0.15) is 5.82 Å². The van der Waals surface area contributed by atoms with Crippen molar-refractivity contribution in [1.29, 1.82) is 0 Å². The molecule has 0 saturated heterocycles. The second-order valence-electron chi connectivity index (χ2n) is 4.78. The van der Waals surface area contributed by atoms with Gasteiger partial charge in [0.05, 0.1) is 10.8 Å². The molecule has 26 heavy (non-hydrogen) atoms. The molecule has 134 valence electrons. The van der Waals surface area contributed by atoms with Crippen molar-refractivity contribution >= 4 is 62.2 Å². The molecule has 0 aliphatic heterocycles. The minimum Gasteiger partial charge on any atom is -0.325 e. The number of carbonyl (C=O) groups is 2. The van der Waals surface area contributed by atoms with Crippen LogP contribution in [0, 0.1) is 5.82 Å². The highest BCUT2D eigenvalue weighted by molar-refractivity contribution is 8.01. The summed E-state index contributed by atoms with van der Waals surface area (Å²) in [6.07, 6.45) is 0. The van der Waals surface area contributed by atoms with Crippen LogP contribution in [0.25, 0.3) is 0 Å². The summed E-state index contributed by atoms with van der Waals surface area (Å²) in [6, 6.07) is 8.85. The Balaban J connectivity index is 1.46. The number of thioether (sulfide) groups is 1. The summed E-state index contributed by atoms with van der Waals surface area (Å²) in [5.41, 5.74) is 0.389. The number of aromatic nitrogens is 2. The third kappa shape index (κ3) is 5.51. The third-order valence-corrected chi connectivity index (χ3v) is 5.58. The van der Waals surface area contributed by atoms with Gasteiger partial charge >= 0.3 is 6.03 Å². The van der Waals surface area contributed by atoms with E-state index in [0.29, 0.717) is 15.2 Å². The molecule has 2 aromatic heterocycles. The Labute approximate surface area is 160 Å². The Bertz CT molecular complexity index is 900. The average Bonchev–Trinajstić information content (AvgIpc) is 3.25. The maximum atomic E-state index is 13.1. The third-order valence-electron chi connectivity index (χ3n) is 2.82. The monoisotopic (exact) mass is 409 g/mol. The topological polar surface area (TPSA) is 96.0 Å². The van der Waals surface area contributed by atoms with Gasteiger partial charge in [-0.15, -0.1) is 21.5 Å². The molecular formula is C15H12FN5O2S3. The van der Waals surface area contributed by atoms with Gasteiger partial charge in [-0.2, -0.15) is 0 Å². The van der Waals surface area contributed by atoms with E-state index in [-0.39, 0.29) is 11.7 Å². The number of halogens is 1. The van der Waals surface area contributed by atoms with Gasteiger partial charge in [-0.05, 0) is 35.7 Å². The molecule has 0 unspecified atom stereocenters. The van der Waals surface area contributed by atoms with Crippen LogP contribution in [0.4, 0.5) is 25.0 Å². The standard InChI is InChI=1S/C15H12FN5O2S3/c16-9-3-1-4-10(7-9)17-11(22)8-25-15-21-20-14(26-15)19-13(23)18-12-5-2-6-24-12/h1-7H,8H2,(H,17,22)(H2,18,19,20,23). The summed E-state index contributed by atoms with van der Waals surface area (Å²) in [7, 11) is 0. The van der Waals surface area contributed by atoms with E-state index >= 15 is 0 Å². The fourth-order valence-electron chi connectivity index (χ4n) is 1.80. The van der Waals surface area contributed by atoms with Crippen molar-refractivity contribution < 1.29 is 14.0 Å². The second kappa shape index (κ2) is 8.74. The predicted molar refractivity (Wildman–Crippen MR) is 103 cm³/mol. The summed E-state index contributed by atoms with van der Waals surface area (Å²) in [5, 5.41) is 18.5. The SMILES string of the molecule is O=C(CSc1nnc(NC(=O)Nc2cccs2)s1)Nc1cccc(F)c1. The van der Waals surface area contributed by atoms with Gasteiger partial charge in [0.2, 0.25) is 11.0 Å². The van der Waals surface area contributed by atoms with Crippen molar-refractivity contribution in [3.8, 4) is 0 Å². The first kappa shape index (κ1) is 18.3. The molecule has 0 spiro atoms. The molecule has 0 aliphatic rings. The lowest BCUT2D eigenvalue weighted by molar-refractivity contribution is -0.113. The first-order valence-electron chi connectivity index (χ1n) is 7.22. The maximum Gasteiger partial charge on any atom is 0.326 e. The zero-order valence-corrected chi connectivity index (χ0v) is 15.5. The van der Waals surface area contributed by atoms with Crippen molar-refractivity contribution in [3.05, 3.63) is 47.6 Å². The minimum absolute atomic E-state index is 0.0898. The Morgan fingerprint density at radius 2 is 2.00 bits per heavy atom. The number of nitrogens with zero attached hydrogens (tertiary/aromatic N) is 2. The molecule has 3 rings (SSSR count). The number of hydrogen-bond donors (Lipinski definition) is 3. The number of anilines is 3. The van der Waals surface area contributed by atoms with Crippen LogP contribution < -0.4 is 16.0 Å². The van der Waals surface area contributed by atoms with Crippen LogP contribution in [-0.2, 0) is 4.79 Å². The lowest BCUT2D eigenvalue weighted by atomic mass is 10.3. The molecular weight excluding hydrogens is 397 g/mol. The Kier molecular flexibility index (Phi) is 6.15. The van der Waals surface area contributed by atoms with Crippen molar-refractivity contribution in [2.24, 2.45) is 0 Å². The molecule has 0 bridgehead atoms. The number of thiophene rings is 1. The van der Waals surface area contributed by atoms with Gasteiger partial charge in [-0.3, -0.25) is 15.4 Å². The number of urea groups is 1. The van der Waals surface area contributed by atoms with Gasteiger partial charge in [0.15, 0.2) is 4.34 Å². The van der Waals surface area contributed by atoms with Gasteiger partial charge in [0, 0.05) is 5.69 Å². The quantitative estimate of drug-likeness (QED) is 0.421. The van der Waals surface area contributed by atoms with Crippen LogP contribution in [0.2, 0.25) is 0 Å². The minimum atomic E-state index is -0.420. The highest BCUT2D eigenvalue weighted by atomic mass is 32.2. The van der Waals surface area contributed by atoms with E-state index in [9.17, 15) is 14.0 Å². The molecule has 3 amide bonds. The van der Waals surface area contributed by atoms with E-state index in [1.54, 1.807) is 12.1 Å². The summed E-state index contributed by atoms with van der Waals surface area (Å²) < 4.78 is 13.6. The highest BCUT2D eigenvalue weighted by Crippen LogP contribution is 2.26. The lowest BCUT2D eigenvalue weighted by Gasteiger charge is -2.03. The molecule has 0 aliphatic carbocycles. The second-order valence-corrected chi connectivity index (χ2v) is 7.92. The summed E-state index contributed by atoms with van der Waals surface area (Å²) in [4.78, 5) is 23.7. The van der Waals surface area contributed by atoms with Gasteiger partial charge in [-0.25, -0.2) is 9.18 Å². The van der Waals surface area contributed by atoms with E-state index in [0.717, 1.165) is 16.3 Å². The number of rotatable bonds is 6. The van der Waals surface area contributed by atoms with Crippen LogP contribution in [-0.4, -0.2) is 27.9 Å². The molecule has 2 heterocycles. The fraction of sp³-hybridized carbons (Fsp3) is 0.0667. The number of benzene rings is 1. The van der Waals surface area contributed by atoms with E-state index in [4.69, 9.17) is 0 Å². The van der Waals surface area contributed by atoms with E-state index < -0.39 is 11.8 Å². The van der Waals surface area contributed by atoms with Crippen molar-refractivity contribution in [3.63, 3.8) is 0 Å². The molecule has 0 atom stereocenters. The first-order valence-corrected chi connectivity index (χ1v) is 9.90. The molecule has 0 radical (unpaired) electrons.